The first-order chi connectivity index (χ1) is 6.66. The van der Waals surface area contributed by atoms with Crippen LogP contribution < -0.4 is 10.6 Å². The van der Waals surface area contributed by atoms with E-state index in [0.717, 1.165) is 22.6 Å². The average molecular weight is 277 g/mol. The summed E-state index contributed by atoms with van der Waals surface area (Å²) in [6.07, 6.45) is 3.56. The standard InChI is InChI=1S/C8H13BrN4S/c1-13(3-4-14-2)8-6(9)7(10)11-5-12-8/h5H,3-4H2,1-2H3,(H2,10,11,12). The molecule has 2 N–H and O–H groups in total. The van der Waals surface area contributed by atoms with Gasteiger partial charge < -0.3 is 10.6 Å². The summed E-state index contributed by atoms with van der Waals surface area (Å²) in [5, 5.41) is 0. The molecule has 0 radical (unpaired) electrons. The van der Waals surface area contributed by atoms with Crippen LogP contribution in [-0.2, 0) is 0 Å². The highest BCUT2D eigenvalue weighted by molar-refractivity contribution is 9.10. The molecule has 1 heterocycles. The number of hydrogen-bond donors (Lipinski definition) is 1. The Labute approximate surface area is 96.4 Å². The van der Waals surface area contributed by atoms with E-state index in [1.165, 1.54) is 6.33 Å². The van der Waals surface area contributed by atoms with E-state index in [1.54, 1.807) is 11.8 Å². The number of nitrogens with two attached hydrogens (primary N) is 1. The zero-order chi connectivity index (χ0) is 10.6. The van der Waals surface area contributed by atoms with Crippen LogP contribution in [0.1, 0.15) is 0 Å². The first-order valence-corrected chi connectivity index (χ1v) is 6.31. The minimum absolute atomic E-state index is 0.478. The van der Waals surface area contributed by atoms with Gasteiger partial charge in [-0.25, -0.2) is 9.97 Å². The number of nitrogens with zero attached hydrogens (tertiary/aromatic N) is 3. The molecule has 0 unspecified atom stereocenters. The summed E-state index contributed by atoms with van der Waals surface area (Å²) in [6, 6.07) is 0. The molecule has 0 amide bonds. The van der Waals surface area contributed by atoms with E-state index in [0.29, 0.717) is 5.82 Å². The molecule has 0 saturated heterocycles. The molecule has 0 bridgehead atoms. The van der Waals surface area contributed by atoms with Crippen LogP contribution in [-0.4, -0.2) is 35.6 Å². The topological polar surface area (TPSA) is 55.0 Å². The van der Waals surface area contributed by atoms with E-state index in [-0.39, 0.29) is 0 Å². The van der Waals surface area contributed by atoms with Crippen LogP contribution in [0.2, 0.25) is 0 Å². The van der Waals surface area contributed by atoms with Crippen molar-refractivity contribution in [2.45, 2.75) is 0 Å². The molecule has 1 aromatic rings. The second-order valence-corrected chi connectivity index (χ2v) is 4.59. The third kappa shape index (κ3) is 2.75. The minimum Gasteiger partial charge on any atom is -0.383 e. The van der Waals surface area contributed by atoms with Crippen molar-refractivity contribution in [1.29, 1.82) is 0 Å². The van der Waals surface area contributed by atoms with E-state index < -0.39 is 0 Å². The Hall–Kier alpha value is -0.490. The third-order valence-corrected chi connectivity index (χ3v) is 3.14. The Bertz CT molecular complexity index is 307. The van der Waals surface area contributed by atoms with Crippen molar-refractivity contribution in [2.24, 2.45) is 0 Å². The van der Waals surface area contributed by atoms with Crippen molar-refractivity contribution in [1.82, 2.24) is 9.97 Å². The minimum atomic E-state index is 0.478. The SMILES string of the molecule is CSCCN(C)c1ncnc(N)c1Br. The highest BCUT2D eigenvalue weighted by Crippen LogP contribution is 2.26. The maximum absolute atomic E-state index is 5.66. The molecule has 0 saturated carbocycles. The molecule has 14 heavy (non-hydrogen) atoms. The summed E-state index contributed by atoms with van der Waals surface area (Å²) in [4.78, 5) is 10.1. The van der Waals surface area contributed by atoms with Gasteiger partial charge in [0.1, 0.15) is 22.4 Å². The van der Waals surface area contributed by atoms with Gasteiger partial charge in [-0.1, -0.05) is 0 Å². The molecule has 4 nitrogen and oxygen atoms in total. The molecule has 78 valence electrons. The fraction of sp³-hybridized carbons (Fsp3) is 0.500. The van der Waals surface area contributed by atoms with E-state index in [2.05, 4.69) is 37.1 Å². The summed E-state index contributed by atoms with van der Waals surface area (Å²) in [6.45, 7) is 0.941. The Kier molecular flexibility index (Phi) is 4.47. The second kappa shape index (κ2) is 5.41. The lowest BCUT2D eigenvalue weighted by Crippen LogP contribution is -2.22. The van der Waals surface area contributed by atoms with Crippen molar-refractivity contribution >= 4 is 39.3 Å². The molecule has 0 aliphatic heterocycles. The highest BCUT2D eigenvalue weighted by atomic mass is 79.9. The molecule has 1 aromatic heterocycles. The quantitative estimate of drug-likeness (QED) is 0.906. The van der Waals surface area contributed by atoms with E-state index in [1.807, 2.05) is 7.05 Å². The summed E-state index contributed by atoms with van der Waals surface area (Å²) in [5.74, 6) is 2.38. The zero-order valence-electron chi connectivity index (χ0n) is 8.20. The van der Waals surface area contributed by atoms with Gasteiger partial charge >= 0.3 is 0 Å². The predicted molar refractivity (Wildman–Crippen MR) is 65.8 cm³/mol. The van der Waals surface area contributed by atoms with Crippen LogP contribution in [0.4, 0.5) is 11.6 Å². The number of rotatable bonds is 4. The van der Waals surface area contributed by atoms with Gasteiger partial charge in [-0.3, -0.25) is 0 Å². The number of hydrogen-bond acceptors (Lipinski definition) is 5. The van der Waals surface area contributed by atoms with Crippen molar-refractivity contribution in [3.63, 3.8) is 0 Å². The fourth-order valence-corrected chi connectivity index (χ4v) is 1.94. The molecule has 0 atom stereocenters. The Morgan fingerprint density at radius 2 is 2.29 bits per heavy atom. The third-order valence-electron chi connectivity index (χ3n) is 1.79. The first-order valence-electron chi connectivity index (χ1n) is 4.13. The van der Waals surface area contributed by atoms with Crippen molar-refractivity contribution in [3.8, 4) is 0 Å². The van der Waals surface area contributed by atoms with Gasteiger partial charge in [0.25, 0.3) is 0 Å². The van der Waals surface area contributed by atoms with Crippen LogP contribution in [0.25, 0.3) is 0 Å². The Morgan fingerprint density at radius 3 is 2.93 bits per heavy atom. The molecule has 0 spiro atoms. The summed E-state index contributed by atoms with van der Waals surface area (Å²) in [7, 11) is 1.99. The maximum atomic E-state index is 5.66. The van der Waals surface area contributed by atoms with Gasteiger partial charge in [0.15, 0.2) is 0 Å². The molecule has 0 aliphatic carbocycles. The Balaban J connectivity index is 2.79. The van der Waals surface area contributed by atoms with Crippen LogP contribution in [0.3, 0.4) is 0 Å². The van der Waals surface area contributed by atoms with E-state index >= 15 is 0 Å². The van der Waals surface area contributed by atoms with E-state index in [9.17, 15) is 0 Å². The van der Waals surface area contributed by atoms with E-state index in [4.69, 9.17) is 5.73 Å². The van der Waals surface area contributed by atoms with Gasteiger partial charge in [-0.05, 0) is 22.2 Å². The monoisotopic (exact) mass is 276 g/mol. The summed E-state index contributed by atoms with van der Waals surface area (Å²) >= 11 is 5.18. The lowest BCUT2D eigenvalue weighted by Gasteiger charge is -2.18. The average Bonchev–Trinajstić information content (AvgIpc) is 2.18. The maximum Gasteiger partial charge on any atom is 0.148 e. The predicted octanol–water partition coefficient (Wildman–Crippen LogP) is 1.62. The van der Waals surface area contributed by atoms with Gasteiger partial charge in [0.05, 0.1) is 0 Å². The lowest BCUT2D eigenvalue weighted by atomic mass is 10.5. The number of thioether (sulfide) groups is 1. The smallest absolute Gasteiger partial charge is 0.148 e. The van der Waals surface area contributed by atoms with Gasteiger partial charge in [-0.15, -0.1) is 0 Å². The van der Waals surface area contributed by atoms with Crippen LogP contribution in [0.5, 0.6) is 0 Å². The summed E-state index contributed by atoms with van der Waals surface area (Å²) < 4.78 is 0.767. The highest BCUT2D eigenvalue weighted by Gasteiger charge is 2.09. The van der Waals surface area contributed by atoms with Gasteiger partial charge in [0, 0.05) is 19.3 Å². The zero-order valence-corrected chi connectivity index (χ0v) is 10.6. The molecule has 1 rings (SSSR count). The molecular weight excluding hydrogens is 264 g/mol. The lowest BCUT2D eigenvalue weighted by molar-refractivity contribution is 0.932. The normalized spacial score (nSPS) is 10.2. The van der Waals surface area contributed by atoms with Gasteiger partial charge in [-0.2, -0.15) is 11.8 Å². The molecular formula is C8H13BrN4S. The molecule has 6 heteroatoms. The van der Waals surface area contributed by atoms with Crippen molar-refractivity contribution < 1.29 is 0 Å². The molecule has 0 aliphatic rings. The van der Waals surface area contributed by atoms with Crippen LogP contribution in [0.15, 0.2) is 10.8 Å². The molecule has 0 aromatic carbocycles. The largest absolute Gasteiger partial charge is 0.383 e. The van der Waals surface area contributed by atoms with Crippen LogP contribution in [0, 0.1) is 0 Å². The first kappa shape index (κ1) is 11.6. The number of anilines is 2. The van der Waals surface area contributed by atoms with Crippen LogP contribution >= 0.6 is 27.7 Å². The van der Waals surface area contributed by atoms with Gasteiger partial charge in [0.2, 0.25) is 0 Å². The second-order valence-electron chi connectivity index (χ2n) is 2.81. The summed E-state index contributed by atoms with van der Waals surface area (Å²) in [5.41, 5.74) is 5.66. The number of aromatic nitrogens is 2. The fourth-order valence-electron chi connectivity index (χ4n) is 0.974. The number of halogens is 1. The molecule has 0 fully saturated rings. The van der Waals surface area contributed by atoms with Crippen molar-refractivity contribution in [2.75, 3.05) is 36.2 Å². The Morgan fingerprint density at radius 1 is 1.57 bits per heavy atom. The number of nitrogen functional groups attached to an aromatic ring is 1. The van der Waals surface area contributed by atoms with Crippen molar-refractivity contribution in [3.05, 3.63) is 10.8 Å².